The average molecular weight is 1230 g/mol. The molecule has 87 heavy (non-hydrogen) atoms. The van der Waals surface area contributed by atoms with E-state index in [0.717, 1.165) is 42.4 Å². The normalized spacial score (nSPS) is 13.6. The molecule has 0 aliphatic heterocycles. The van der Waals surface area contributed by atoms with Gasteiger partial charge >= 0.3 is 0 Å². The lowest BCUT2D eigenvalue weighted by Crippen LogP contribution is -2.36. The Hall–Kier alpha value is -10.5. The molecule has 1 saturated carbocycles. The first-order valence-corrected chi connectivity index (χ1v) is 27.3. The number of nitriles is 2. The Balaban J connectivity index is 0.000000295. The number of nitro groups is 2. The van der Waals surface area contributed by atoms with Crippen LogP contribution in [0.2, 0.25) is 0 Å². The van der Waals surface area contributed by atoms with Gasteiger partial charge in [0.1, 0.15) is 58.9 Å². The van der Waals surface area contributed by atoms with Crippen LogP contribution in [0.4, 0.5) is 28.9 Å². The highest BCUT2D eigenvalue weighted by molar-refractivity contribution is 7.89. The van der Waals surface area contributed by atoms with Crippen molar-refractivity contribution in [1.82, 2.24) is 50.5 Å². The number of carbonyl (C=O) groups excluding carboxylic acids is 2. The van der Waals surface area contributed by atoms with Crippen LogP contribution < -0.4 is 26.2 Å². The molecule has 34 heteroatoms. The molecule has 0 saturated heterocycles. The fourth-order valence-electron chi connectivity index (χ4n) is 7.38. The van der Waals surface area contributed by atoms with Crippen LogP contribution in [0.25, 0.3) is 10.4 Å². The van der Waals surface area contributed by atoms with Gasteiger partial charge in [-0.2, -0.15) is 15.3 Å². The summed E-state index contributed by atoms with van der Waals surface area (Å²) in [5, 5.41) is 68.9. The largest absolute Gasteiger partial charge is 0.619 e. The number of carbonyl (C=O) groups is 2. The third kappa shape index (κ3) is 25.9. The topological polar surface area (TPSA) is 449 Å². The van der Waals surface area contributed by atoms with E-state index in [1.54, 1.807) is 36.9 Å². The van der Waals surface area contributed by atoms with Crippen LogP contribution in [-0.4, -0.2) is 81.3 Å². The Kier molecular flexibility index (Phi) is 29.5. The summed E-state index contributed by atoms with van der Waals surface area (Å²) in [7, 11) is -3.52. The van der Waals surface area contributed by atoms with Gasteiger partial charge in [-0.15, -0.1) is 5.10 Å². The van der Waals surface area contributed by atoms with Gasteiger partial charge in [0.25, 0.3) is 11.4 Å². The van der Waals surface area contributed by atoms with Crippen molar-refractivity contribution < 1.29 is 50.1 Å². The fourth-order valence-corrected chi connectivity index (χ4v) is 8.30. The summed E-state index contributed by atoms with van der Waals surface area (Å²) in [6.07, 6.45) is 12.8. The van der Waals surface area contributed by atoms with Gasteiger partial charge in [-0.3, -0.25) is 44.8 Å². The molecule has 0 unspecified atom stereocenters. The molecular weight excluding hydrogens is 1170 g/mol. The molecule has 1 aliphatic rings. The lowest BCUT2D eigenvalue weighted by atomic mass is 9.87. The van der Waals surface area contributed by atoms with E-state index in [1.807, 2.05) is 13.8 Å². The first-order chi connectivity index (χ1) is 41.3. The zero-order chi connectivity index (χ0) is 64.6. The van der Waals surface area contributed by atoms with Gasteiger partial charge < -0.3 is 21.6 Å². The number of rotatable bonds is 15. The van der Waals surface area contributed by atoms with Crippen LogP contribution in [0.5, 0.6) is 0 Å². The second-order valence-corrected chi connectivity index (χ2v) is 20.6. The zero-order valence-electron chi connectivity index (χ0n) is 46.9. The molecule has 0 aromatic carbocycles. The smallest absolute Gasteiger partial charge is 0.281 e. The molecule has 0 radical (unpaired) electrons. The standard InChI is InChI=1S/C19H27FN6O3S.C11H14FN5O.C6H7FN2.C6H3FN2.C6H3N3O2.C5H4N2O3/c1-12(2)18(19(27)23-10-15-9-14(20)7-8-22-15)26-11-17(24-25-26)13-3-5-16(6-4-13)30(21,28)29;1-7(2)10(16-17-13)11(18)15-6-9-5-8(12)3-4-14-9;2*7-5-1-2-9-6(3-5)4-8;7-4-5-3-6(9(10)11)1-2-8-5;8-6-3-1-5(2-4-6)7(9)10/h7-9,11-13,16,18H,3-6,10H2,1-2H3,(H,23,27)(H2,21,28,29);3-5,7,10H,6H2,1-2H3,(H,15,18);1-3H,4,8H2;1-3H;1-3H;1-4H/t13?,16?,18-;10-;;;;/m00..../s1. The predicted molar refractivity (Wildman–Crippen MR) is 301 cm³/mol. The number of azide groups is 1. The van der Waals surface area contributed by atoms with Gasteiger partial charge in [0, 0.05) is 66.7 Å². The summed E-state index contributed by atoms with van der Waals surface area (Å²) in [6.45, 7) is 7.86. The molecule has 7 aromatic rings. The van der Waals surface area contributed by atoms with Crippen LogP contribution in [-0.2, 0) is 39.2 Å². The minimum absolute atomic E-state index is 0.0548. The van der Waals surface area contributed by atoms with Crippen molar-refractivity contribution in [3.05, 3.63) is 216 Å². The average Bonchev–Trinajstić information content (AvgIpc) is 2.55. The van der Waals surface area contributed by atoms with Crippen molar-refractivity contribution in [3.63, 3.8) is 0 Å². The van der Waals surface area contributed by atoms with E-state index < -0.39 is 60.6 Å². The summed E-state index contributed by atoms with van der Waals surface area (Å²) in [4.78, 5) is 65.0. The Labute approximate surface area is 494 Å². The Bertz CT molecular complexity index is 3640. The minimum Gasteiger partial charge on any atom is -0.619 e. The first kappa shape index (κ1) is 70.7. The number of nitrogens with two attached hydrogens (primary N) is 2. The highest BCUT2D eigenvalue weighted by atomic mass is 32.2. The maximum Gasteiger partial charge on any atom is 0.281 e. The van der Waals surface area contributed by atoms with Crippen LogP contribution in [0.15, 0.2) is 127 Å². The lowest BCUT2D eigenvalue weighted by molar-refractivity contribution is -0.606. The number of hydrogen-bond acceptors (Lipinski definition) is 20. The maximum atomic E-state index is 13.3. The SMILES string of the molecule is CC(C)[C@@H](C(=O)NCc1cc(F)ccn1)n1cc(C2CCC(S(N)(=O)=O)CC2)nn1.CC(C)[C@H](N=[N+]=[N-])C(=O)NCc1cc(F)ccn1.N#Cc1cc(F)ccn1.N#Cc1cc([N+](=O)[O-])ccn1.NCc1cc(F)ccn1.O=[N+]([O-])c1cc[n+]([O-])cc1. The lowest BCUT2D eigenvalue weighted by Gasteiger charge is -2.25. The number of nitrogens with zero attached hydrogens (tertiary/aromatic N) is 16. The van der Waals surface area contributed by atoms with Crippen molar-refractivity contribution in [2.75, 3.05) is 0 Å². The summed E-state index contributed by atoms with van der Waals surface area (Å²) < 4.78 is 75.7. The van der Waals surface area contributed by atoms with Crippen molar-refractivity contribution >= 4 is 33.2 Å². The second kappa shape index (κ2) is 36.2. The zero-order valence-corrected chi connectivity index (χ0v) is 47.7. The molecule has 6 N–H and O–H groups in total. The third-order valence-corrected chi connectivity index (χ3v) is 13.1. The van der Waals surface area contributed by atoms with Crippen LogP contribution in [0, 0.1) is 83.2 Å². The Morgan fingerprint density at radius 3 is 1.61 bits per heavy atom. The van der Waals surface area contributed by atoms with Crippen molar-refractivity contribution in [3.8, 4) is 12.1 Å². The van der Waals surface area contributed by atoms with Gasteiger partial charge in [-0.1, -0.05) is 38.0 Å². The van der Waals surface area contributed by atoms with Gasteiger partial charge in [0.15, 0.2) is 12.4 Å². The quantitative estimate of drug-likeness (QED) is 0.0122. The van der Waals surface area contributed by atoms with E-state index in [2.05, 4.69) is 55.9 Å². The molecular formula is C53H58F4N20O9S. The third-order valence-electron chi connectivity index (χ3n) is 11.7. The molecule has 29 nitrogen and oxygen atoms in total. The molecule has 1 fully saturated rings. The van der Waals surface area contributed by atoms with E-state index >= 15 is 0 Å². The summed E-state index contributed by atoms with van der Waals surface area (Å²) in [6, 6.07) is 16.6. The molecule has 2 amide bonds. The molecule has 7 heterocycles. The Morgan fingerprint density at radius 2 is 1.20 bits per heavy atom. The number of sulfonamides is 1. The fraction of sp³-hybridized carbons (Fsp3) is 0.321. The Morgan fingerprint density at radius 1 is 0.736 bits per heavy atom. The minimum atomic E-state index is -3.52. The molecule has 1 aliphatic carbocycles. The summed E-state index contributed by atoms with van der Waals surface area (Å²) in [5.74, 6) is -2.27. The number of aromatic nitrogens is 9. The van der Waals surface area contributed by atoms with Gasteiger partial charge in [0.05, 0.1) is 69.2 Å². The number of amides is 2. The number of halogens is 4. The number of hydrogen-bond donors (Lipinski definition) is 4. The highest BCUT2D eigenvalue weighted by Gasteiger charge is 2.32. The molecule has 458 valence electrons. The van der Waals surface area contributed by atoms with Crippen molar-refractivity contribution in [1.29, 1.82) is 10.5 Å². The molecule has 0 spiro atoms. The molecule has 2 atom stereocenters. The van der Waals surface area contributed by atoms with Crippen molar-refractivity contribution in [2.45, 2.75) is 96.3 Å². The molecule has 8 rings (SSSR count). The summed E-state index contributed by atoms with van der Waals surface area (Å²) in [5.41, 5.74) is 15.7. The van der Waals surface area contributed by atoms with Crippen LogP contribution in [0.1, 0.15) is 99.5 Å². The van der Waals surface area contributed by atoms with E-state index in [1.165, 1.54) is 79.5 Å². The molecule has 0 bridgehead atoms. The van der Waals surface area contributed by atoms with Crippen LogP contribution >= 0.6 is 0 Å². The van der Waals surface area contributed by atoms with Gasteiger partial charge in [0.2, 0.25) is 21.8 Å². The monoisotopic (exact) mass is 1230 g/mol. The van der Waals surface area contributed by atoms with E-state index in [4.69, 9.17) is 26.9 Å². The first-order valence-electron chi connectivity index (χ1n) is 25.7. The summed E-state index contributed by atoms with van der Waals surface area (Å²) >= 11 is 0. The van der Waals surface area contributed by atoms with Crippen molar-refractivity contribution in [2.24, 2.45) is 27.8 Å². The van der Waals surface area contributed by atoms with Gasteiger partial charge in [-0.05, 0) is 85.5 Å². The van der Waals surface area contributed by atoms with Crippen LogP contribution in [0.3, 0.4) is 0 Å². The van der Waals surface area contributed by atoms with E-state index in [-0.39, 0.29) is 71.9 Å². The molecule has 7 aromatic heterocycles. The van der Waals surface area contributed by atoms with E-state index in [9.17, 15) is 61.0 Å². The number of nitrogens with one attached hydrogen (secondary N) is 2. The number of pyridine rings is 6. The second-order valence-electron chi connectivity index (χ2n) is 18.7. The highest BCUT2D eigenvalue weighted by Crippen LogP contribution is 2.34. The van der Waals surface area contributed by atoms with Gasteiger partial charge in [-0.25, -0.2) is 45.8 Å². The predicted octanol–water partition coefficient (Wildman–Crippen LogP) is 6.67. The maximum absolute atomic E-state index is 13.3. The number of primary sulfonamides is 1. The van der Waals surface area contributed by atoms with E-state index in [0.29, 0.717) is 47.5 Å².